The topological polar surface area (TPSA) is 101 Å². The first kappa shape index (κ1) is 30.2. The second-order valence-electron chi connectivity index (χ2n) is 10.5. The van der Waals surface area contributed by atoms with Crippen molar-refractivity contribution in [3.8, 4) is 0 Å². The fourth-order valence-corrected chi connectivity index (χ4v) is 4.97. The molecule has 1 aromatic heterocycles. The average molecular weight is 508 g/mol. The van der Waals surface area contributed by atoms with Crippen LogP contribution in [-0.4, -0.2) is 81.7 Å². The van der Waals surface area contributed by atoms with E-state index >= 15 is 0 Å². The highest BCUT2D eigenvalue weighted by molar-refractivity contribution is 5.73. The number of hydrogen-bond acceptors (Lipinski definition) is 7. The van der Waals surface area contributed by atoms with Crippen LogP contribution in [0, 0.1) is 0 Å². The summed E-state index contributed by atoms with van der Waals surface area (Å²) in [6.45, 7) is 4.92. The second kappa shape index (κ2) is 17.5. The maximum absolute atomic E-state index is 12.6. The molecule has 1 aliphatic rings. The molecule has 9 nitrogen and oxygen atoms in total. The molecule has 1 aliphatic heterocycles. The summed E-state index contributed by atoms with van der Waals surface area (Å²) in [6.07, 6.45) is 16.4. The van der Waals surface area contributed by atoms with Crippen molar-refractivity contribution in [1.29, 1.82) is 0 Å². The lowest BCUT2D eigenvalue weighted by molar-refractivity contribution is -0.145. The third-order valence-corrected chi connectivity index (χ3v) is 6.95. The number of unbranched alkanes of at least 4 members (excludes halogenated alkanes) is 8. The number of hydrogen-bond donors (Lipinski definition) is 1. The second-order valence-corrected chi connectivity index (χ2v) is 10.5. The Labute approximate surface area is 217 Å². The van der Waals surface area contributed by atoms with Crippen LogP contribution in [0.15, 0.2) is 6.20 Å². The predicted octanol–water partition coefficient (Wildman–Crippen LogP) is 4.67. The van der Waals surface area contributed by atoms with E-state index in [0.29, 0.717) is 26.1 Å². The van der Waals surface area contributed by atoms with Crippen molar-refractivity contribution < 1.29 is 19.4 Å². The Morgan fingerprint density at radius 3 is 2.47 bits per heavy atom. The Hall–Kier alpha value is -2.00. The Balaban J connectivity index is 1.76. The van der Waals surface area contributed by atoms with Gasteiger partial charge in [-0.2, -0.15) is 0 Å². The van der Waals surface area contributed by atoms with Gasteiger partial charge in [-0.25, -0.2) is 4.68 Å². The maximum Gasteiger partial charge on any atom is 0.320 e. The summed E-state index contributed by atoms with van der Waals surface area (Å²) in [4.78, 5) is 28.2. The van der Waals surface area contributed by atoms with Crippen LogP contribution in [-0.2, 0) is 20.9 Å². The SMILES string of the molecule is CCCCCCCCCCCOC(=O)C[C@H](CCCN1CCCC1C(=O)O)n1cc(CN(C)C)nn1. The minimum Gasteiger partial charge on any atom is -0.480 e. The van der Waals surface area contributed by atoms with Gasteiger partial charge in [-0.1, -0.05) is 63.5 Å². The molecular weight excluding hydrogens is 458 g/mol. The maximum atomic E-state index is 12.6. The largest absolute Gasteiger partial charge is 0.480 e. The van der Waals surface area contributed by atoms with Gasteiger partial charge in [0.25, 0.3) is 0 Å². The highest BCUT2D eigenvalue weighted by atomic mass is 16.5. The van der Waals surface area contributed by atoms with Crippen molar-refractivity contribution in [3.05, 3.63) is 11.9 Å². The number of carboxylic acids is 1. The molecule has 2 heterocycles. The molecule has 9 heteroatoms. The van der Waals surface area contributed by atoms with Gasteiger partial charge in [-0.15, -0.1) is 5.10 Å². The van der Waals surface area contributed by atoms with Gasteiger partial charge in [0.15, 0.2) is 0 Å². The monoisotopic (exact) mass is 507 g/mol. The Morgan fingerprint density at radius 2 is 1.81 bits per heavy atom. The van der Waals surface area contributed by atoms with Crippen LogP contribution in [0.1, 0.15) is 109 Å². The molecule has 0 saturated carbocycles. The van der Waals surface area contributed by atoms with Crippen LogP contribution in [0.4, 0.5) is 0 Å². The summed E-state index contributed by atoms with van der Waals surface area (Å²) in [5, 5.41) is 18.0. The number of carbonyl (C=O) groups excluding carboxylic acids is 1. The molecule has 0 aromatic carbocycles. The highest BCUT2D eigenvalue weighted by Crippen LogP contribution is 2.22. The van der Waals surface area contributed by atoms with Gasteiger partial charge in [0, 0.05) is 6.54 Å². The molecular formula is C27H49N5O4. The molecule has 0 amide bonds. The van der Waals surface area contributed by atoms with Crippen molar-refractivity contribution in [2.75, 3.05) is 33.8 Å². The van der Waals surface area contributed by atoms with Gasteiger partial charge in [0.1, 0.15) is 6.04 Å². The molecule has 1 N–H and O–H groups in total. The van der Waals surface area contributed by atoms with Gasteiger partial charge < -0.3 is 14.7 Å². The average Bonchev–Trinajstić information content (AvgIpc) is 3.49. The molecule has 0 radical (unpaired) electrons. The van der Waals surface area contributed by atoms with Gasteiger partial charge >= 0.3 is 11.9 Å². The van der Waals surface area contributed by atoms with E-state index in [1.54, 1.807) is 4.68 Å². The van der Waals surface area contributed by atoms with Crippen molar-refractivity contribution >= 4 is 11.9 Å². The molecule has 36 heavy (non-hydrogen) atoms. The van der Waals surface area contributed by atoms with Crippen molar-refractivity contribution in [1.82, 2.24) is 24.8 Å². The fourth-order valence-electron chi connectivity index (χ4n) is 4.97. The summed E-state index contributed by atoms with van der Waals surface area (Å²) < 4.78 is 7.35. The first-order valence-electron chi connectivity index (χ1n) is 14.1. The van der Waals surface area contributed by atoms with E-state index in [1.165, 1.54) is 44.9 Å². The molecule has 1 unspecified atom stereocenters. The summed E-state index contributed by atoms with van der Waals surface area (Å²) in [5.41, 5.74) is 0.860. The van der Waals surface area contributed by atoms with Gasteiger partial charge in [-0.05, 0) is 59.3 Å². The molecule has 0 bridgehead atoms. The minimum absolute atomic E-state index is 0.144. The summed E-state index contributed by atoms with van der Waals surface area (Å²) in [6, 6.07) is -0.530. The summed E-state index contributed by atoms with van der Waals surface area (Å²) in [5.74, 6) is -0.942. The van der Waals surface area contributed by atoms with Crippen LogP contribution >= 0.6 is 0 Å². The third kappa shape index (κ3) is 11.8. The van der Waals surface area contributed by atoms with Crippen molar-refractivity contribution in [2.45, 2.75) is 115 Å². The molecule has 0 spiro atoms. The van der Waals surface area contributed by atoms with Crippen LogP contribution in [0.3, 0.4) is 0 Å². The Bertz CT molecular complexity index is 754. The molecule has 1 fully saturated rings. The van der Waals surface area contributed by atoms with Crippen molar-refractivity contribution in [3.63, 3.8) is 0 Å². The summed E-state index contributed by atoms with van der Waals surface area (Å²) >= 11 is 0. The normalized spacial score (nSPS) is 17.1. The zero-order chi connectivity index (χ0) is 26.2. The van der Waals surface area contributed by atoms with Crippen LogP contribution in [0.25, 0.3) is 0 Å². The van der Waals surface area contributed by atoms with Crippen molar-refractivity contribution in [2.24, 2.45) is 0 Å². The highest BCUT2D eigenvalue weighted by Gasteiger charge is 2.30. The van der Waals surface area contributed by atoms with Crippen LogP contribution in [0.2, 0.25) is 0 Å². The minimum atomic E-state index is -0.742. The fraction of sp³-hybridized carbons (Fsp3) is 0.852. The first-order chi connectivity index (χ1) is 17.4. The number of aromatic nitrogens is 3. The zero-order valence-corrected chi connectivity index (χ0v) is 22.9. The van der Waals surface area contributed by atoms with Gasteiger partial charge in [0.2, 0.25) is 0 Å². The Morgan fingerprint density at radius 1 is 1.11 bits per heavy atom. The quantitative estimate of drug-likeness (QED) is 0.201. The number of carboxylic acid groups (broad SMARTS) is 1. The molecule has 206 valence electrons. The zero-order valence-electron chi connectivity index (χ0n) is 22.9. The number of nitrogens with zero attached hydrogens (tertiary/aromatic N) is 5. The summed E-state index contributed by atoms with van der Waals surface area (Å²) in [7, 11) is 3.96. The lowest BCUT2D eigenvalue weighted by Crippen LogP contribution is -2.36. The van der Waals surface area contributed by atoms with E-state index in [2.05, 4.69) is 17.2 Å². The van der Waals surface area contributed by atoms with Crippen LogP contribution < -0.4 is 0 Å². The molecule has 2 atom stereocenters. The van der Waals surface area contributed by atoms with Crippen LogP contribution in [0.5, 0.6) is 0 Å². The lowest BCUT2D eigenvalue weighted by atomic mass is 10.1. The van der Waals surface area contributed by atoms with Gasteiger partial charge in [0.05, 0.1) is 31.0 Å². The Kier molecular flexibility index (Phi) is 14.7. The molecule has 0 aliphatic carbocycles. The predicted molar refractivity (Wildman–Crippen MR) is 141 cm³/mol. The first-order valence-corrected chi connectivity index (χ1v) is 14.1. The van der Waals surface area contributed by atoms with E-state index in [-0.39, 0.29) is 24.5 Å². The van der Waals surface area contributed by atoms with E-state index in [9.17, 15) is 14.7 Å². The number of aliphatic carboxylic acids is 1. The standard InChI is InChI=1S/C27H49N5O4/c1-4-5-6-7-8-9-10-11-12-19-36-26(33)20-24(32-22-23(28-29-32)21-30(2)3)15-13-17-31-18-14-16-25(31)27(34)35/h22,24-25H,4-21H2,1-3H3,(H,34,35)/t24-,25?/m0/s1. The molecule has 1 saturated heterocycles. The smallest absolute Gasteiger partial charge is 0.320 e. The molecule has 2 rings (SSSR count). The van der Waals surface area contributed by atoms with E-state index in [4.69, 9.17) is 4.74 Å². The lowest BCUT2D eigenvalue weighted by Gasteiger charge is -2.22. The van der Waals surface area contributed by atoms with E-state index in [1.807, 2.05) is 30.1 Å². The number of ether oxygens (including phenoxy) is 1. The number of esters is 1. The molecule has 1 aromatic rings. The number of rotatable bonds is 20. The number of carbonyl (C=O) groups is 2. The van der Waals surface area contributed by atoms with E-state index < -0.39 is 5.97 Å². The third-order valence-electron chi connectivity index (χ3n) is 6.95. The van der Waals surface area contributed by atoms with E-state index in [0.717, 1.165) is 44.3 Å². The van der Waals surface area contributed by atoms with Gasteiger partial charge in [-0.3, -0.25) is 14.5 Å². The number of likely N-dealkylation sites (tertiary alicyclic amines) is 1.